The molecule has 0 aromatic carbocycles. The summed E-state index contributed by atoms with van der Waals surface area (Å²) in [6.07, 6.45) is 4.97. The minimum atomic E-state index is 0.798. The van der Waals surface area contributed by atoms with E-state index in [9.17, 15) is 0 Å². The summed E-state index contributed by atoms with van der Waals surface area (Å²) in [5.41, 5.74) is 0. The van der Waals surface area contributed by atoms with Crippen molar-refractivity contribution in [2.24, 2.45) is 11.8 Å². The second-order valence-electron chi connectivity index (χ2n) is 3.97. The van der Waals surface area contributed by atoms with Gasteiger partial charge in [-0.3, -0.25) is 0 Å². The molecular weight excluding hydrogens is 166 g/mol. The molecule has 1 N–H and O–H groups in total. The van der Waals surface area contributed by atoms with Crippen molar-refractivity contribution in [2.45, 2.75) is 32.7 Å². The third kappa shape index (κ3) is 2.67. The number of nitrogens with one attached hydrogen (secondary N) is 1. The van der Waals surface area contributed by atoms with Gasteiger partial charge in [-0.15, -0.1) is 0 Å². The second kappa shape index (κ2) is 5.13. The van der Waals surface area contributed by atoms with Gasteiger partial charge in [0.15, 0.2) is 0 Å². The Bertz CT molecular complexity index is 127. The van der Waals surface area contributed by atoms with Crippen LogP contribution in [0.1, 0.15) is 26.7 Å². The van der Waals surface area contributed by atoms with Crippen LogP contribution in [-0.2, 0) is 0 Å². The summed E-state index contributed by atoms with van der Waals surface area (Å²) >= 11 is 1.92. The zero-order valence-electron chi connectivity index (χ0n) is 8.47. The van der Waals surface area contributed by atoms with Crippen LogP contribution in [0.2, 0.25) is 0 Å². The quantitative estimate of drug-likeness (QED) is 0.678. The molecule has 2 heteroatoms. The van der Waals surface area contributed by atoms with Gasteiger partial charge in [0.2, 0.25) is 0 Å². The Morgan fingerprint density at radius 2 is 2.08 bits per heavy atom. The van der Waals surface area contributed by atoms with Gasteiger partial charge in [-0.2, -0.15) is 11.8 Å². The molecule has 1 rings (SSSR count). The number of hydrogen-bond acceptors (Lipinski definition) is 2. The molecular formula is C10H21NS. The lowest BCUT2D eigenvalue weighted by Gasteiger charge is -2.19. The minimum Gasteiger partial charge on any atom is -0.313 e. The van der Waals surface area contributed by atoms with E-state index < -0.39 is 0 Å². The van der Waals surface area contributed by atoms with Crippen LogP contribution in [0.4, 0.5) is 0 Å². The molecule has 0 aliphatic heterocycles. The fraction of sp³-hybridized carbons (Fsp3) is 1.00. The van der Waals surface area contributed by atoms with Gasteiger partial charge in [0, 0.05) is 18.3 Å². The highest BCUT2D eigenvalue weighted by Gasteiger charge is 2.28. The Balaban J connectivity index is 2.16. The van der Waals surface area contributed by atoms with E-state index >= 15 is 0 Å². The molecule has 3 atom stereocenters. The van der Waals surface area contributed by atoms with Crippen LogP contribution in [0.3, 0.4) is 0 Å². The molecule has 0 aromatic rings. The molecule has 1 aliphatic carbocycles. The molecule has 3 unspecified atom stereocenters. The third-order valence-electron chi connectivity index (χ3n) is 3.18. The zero-order valence-corrected chi connectivity index (χ0v) is 9.29. The van der Waals surface area contributed by atoms with Gasteiger partial charge in [-0.05, 0) is 30.9 Å². The molecule has 72 valence electrons. The van der Waals surface area contributed by atoms with Gasteiger partial charge in [-0.25, -0.2) is 0 Å². The first kappa shape index (κ1) is 10.4. The van der Waals surface area contributed by atoms with Crippen molar-refractivity contribution in [3.05, 3.63) is 0 Å². The average molecular weight is 187 g/mol. The molecule has 1 aliphatic rings. The summed E-state index contributed by atoms with van der Waals surface area (Å²) in [7, 11) is 0. The van der Waals surface area contributed by atoms with Crippen LogP contribution in [0.5, 0.6) is 0 Å². The number of thioether (sulfide) groups is 1. The maximum Gasteiger partial charge on any atom is 0.00956 e. The molecule has 0 radical (unpaired) electrons. The van der Waals surface area contributed by atoms with Crippen molar-refractivity contribution >= 4 is 11.8 Å². The second-order valence-corrected chi connectivity index (χ2v) is 4.95. The van der Waals surface area contributed by atoms with Crippen LogP contribution in [0.15, 0.2) is 0 Å². The molecule has 0 bridgehead atoms. The van der Waals surface area contributed by atoms with E-state index in [4.69, 9.17) is 0 Å². The lowest BCUT2D eigenvalue weighted by atomic mass is 9.98. The average Bonchev–Trinajstić information content (AvgIpc) is 2.36. The first-order chi connectivity index (χ1) is 5.75. The van der Waals surface area contributed by atoms with E-state index in [0.29, 0.717) is 0 Å². The number of hydrogen-bond donors (Lipinski definition) is 1. The Hall–Kier alpha value is 0.310. The normalized spacial score (nSPS) is 35.8. The van der Waals surface area contributed by atoms with E-state index in [-0.39, 0.29) is 0 Å². The Kier molecular flexibility index (Phi) is 4.44. The molecule has 0 aromatic heterocycles. The minimum absolute atomic E-state index is 0.798. The number of rotatable bonds is 4. The van der Waals surface area contributed by atoms with E-state index in [1.54, 1.807) is 0 Å². The summed E-state index contributed by atoms with van der Waals surface area (Å²) in [4.78, 5) is 0. The SMILES string of the molecule is CSCCNC1CCC(C)C1C. The van der Waals surface area contributed by atoms with Crippen molar-refractivity contribution in [3.8, 4) is 0 Å². The molecule has 0 spiro atoms. The predicted molar refractivity (Wildman–Crippen MR) is 57.7 cm³/mol. The van der Waals surface area contributed by atoms with E-state index in [0.717, 1.165) is 17.9 Å². The standard InChI is InChI=1S/C10H21NS/c1-8-4-5-10(9(8)2)11-6-7-12-3/h8-11H,4-7H2,1-3H3. The molecule has 1 fully saturated rings. The van der Waals surface area contributed by atoms with Crippen LogP contribution in [0.25, 0.3) is 0 Å². The summed E-state index contributed by atoms with van der Waals surface area (Å²) in [6.45, 7) is 5.94. The fourth-order valence-corrected chi connectivity index (χ4v) is 2.32. The first-order valence-corrected chi connectivity index (χ1v) is 6.37. The Morgan fingerprint density at radius 1 is 1.33 bits per heavy atom. The van der Waals surface area contributed by atoms with Crippen molar-refractivity contribution in [1.29, 1.82) is 0 Å². The summed E-state index contributed by atoms with van der Waals surface area (Å²) < 4.78 is 0. The molecule has 1 saturated carbocycles. The van der Waals surface area contributed by atoms with Crippen molar-refractivity contribution in [1.82, 2.24) is 5.32 Å². The lowest BCUT2D eigenvalue weighted by Crippen LogP contribution is -2.33. The topological polar surface area (TPSA) is 12.0 Å². The summed E-state index contributed by atoms with van der Waals surface area (Å²) in [5, 5.41) is 3.64. The van der Waals surface area contributed by atoms with Gasteiger partial charge in [0.05, 0.1) is 0 Å². The van der Waals surface area contributed by atoms with Crippen molar-refractivity contribution in [3.63, 3.8) is 0 Å². The van der Waals surface area contributed by atoms with Crippen molar-refractivity contribution in [2.75, 3.05) is 18.6 Å². The largest absolute Gasteiger partial charge is 0.313 e. The Morgan fingerprint density at radius 3 is 2.58 bits per heavy atom. The first-order valence-electron chi connectivity index (χ1n) is 4.98. The predicted octanol–water partition coefficient (Wildman–Crippen LogP) is 2.37. The Labute approximate surface area is 80.7 Å². The van der Waals surface area contributed by atoms with Crippen LogP contribution in [0, 0.1) is 11.8 Å². The van der Waals surface area contributed by atoms with E-state index in [1.807, 2.05) is 11.8 Å². The maximum absolute atomic E-state index is 3.64. The van der Waals surface area contributed by atoms with Gasteiger partial charge >= 0.3 is 0 Å². The van der Waals surface area contributed by atoms with Crippen molar-refractivity contribution < 1.29 is 0 Å². The maximum atomic E-state index is 3.64. The van der Waals surface area contributed by atoms with E-state index in [2.05, 4.69) is 25.4 Å². The summed E-state index contributed by atoms with van der Waals surface area (Å²) in [5.74, 6) is 3.06. The highest BCUT2D eigenvalue weighted by Crippen LogP contribution is 2.30. The molecule has 1 nitrogen and oxygen atoms in total. The zero-order chi connectivity index (χ0) is 8.97. The smallest absolute Gasteiger partial charge is 0.00956 e. The van der Waals surface area contributed by atoms with Gasteiger partial charge in [0.1, 0.15) is 0 Å². The van der Waals surface area contributed by atoms with E-state index in [1.165, 1.54) is 25.1 Å². The van der Waals surface area contributed by atoms with Gasteiger partial charge < -0.3 is 5.32 Å². The van der Waals surface area contributed by atoms with Crippen LogP contribution < -0.4 is 5.32 Å². The third-order valence-corrected chi connectivity index (χ3v) is 3.79. The molecule has 0 amide bonds. The fourth-order valence-electron chi connectivity index (χ4n) is 2.00. The van der Waals surface area contributed by atoms with Gasteiger partial charge in [-0.1, -0.05) is 13.8 Å². The highest BCUT2D eigenvalue weighted by molar-refractivity contribution is 7.98. The lowest BCUT2D eigenvalue weighted by molar-refractivity contribution is 0.377. The van der Waals surface area contributed by atoms with Gasteiger partial charge in [0.25, 0.3) is 0 Å². The molecule has 0 saturated heterocycles. The van der Waals surface area contributed by atoms with Crippen LogP contribution in [-0.4, -0.2) is 24.6 Å². The highest BCUT2D eigenvalue weighted by atomic mass is 32.2. The van der Waals surface area contributed by atoms with Crippen LogP contribution >= 0.6 is 11.8 Å². The molecule has 12 heavy (non-hydrogen) atoms. The molecule has 0 heterocycles. The summed E-state index contributed by atoms with van der Waals surface area (Å²) in [6, 6.07) is 0.798. The monoisotopic (exact) mass is 187 g/mol.